The highest BCUT2D eigenvalue weighted by Gasteiger charge is 2.34. The van der Waals surface area contributed by atoms with Gasteiger partial charge in [0, 0.05) is 0 Å². The Morgan fingerprint density at radius 2 is 1.89 bits per heavy atom. The molecule has 5 heteroatoms. The zero-order valence-electron chi connectivity index (χ0n) is 11.5. The maximum atomic E-state index is 12.0. The second-order valence-electron chi connectivity index (χ2n) is 5.76. The number of hydrogen-bond acceptors (Lipinski definition) is 3. The van der Waals surface area contributed by atoms with Crippen molar-refractivity contribution in [2.75, 3.05) is 22.4 Å². The topological polar surface area (TPSA) is 49.4 Å². The Morgan fingerprint density at radius 1 is 1.28 bits per heavy atom. The molecular formula is C13H20N2O2S. The van der Waals surface area contributed by atoms with Gasteiger partial charge in [-0.25, -0.2) is 8.42 Å². The molecule has 1 aromatic carbocycles. The Balaban J connectivity index is 2.69. The number of hydrogen-bond donors (Lipinski definition) is 1. The van der Waals surface area contributed by atoms with Gasteiger partial charge >= 0.3 is 0 Å². The molecule has 0 aromatic heterocycles. The van der Waals surface area contributed by atoms with Crippen LogP contribution in [0.2, 0.25) is 0 Å². The monoisotopic (exact) mass is 268 g/mol. The molecule has 0 bridgehead atoms. The number of sulfonamides is 1. The van der Waals surface area contributed by atoms with Gasteiger partial charge in [0.2, 0.25) is 10.0 Å². The fraction of sp³-hybridized carbons (Fsp3) is 0.538. The SMILES string of the molecule is Cc1cc(C)c2c(c1)NC(C)(C)CN2S(C)(=O)=O. The van der Waals surface area contributed by atoms with E-state index in [1.807, 2.05) is 39.8 Å². The molecule has 1 aliphatic heterocycles. The van der Waals surface area contributed by atoms with Crippen molar-refractivity contribution < 1.29 is 8.42 Å². The first-order valence-corrected chi connectivity index (χ1v) is 7.82. The van der Waals surface area contributed by atoms with Crippen LogP contribution >= 0.6 is 0 Å². The molecule has 1 N–H and O–H groups in total. The molecule has 4 nitrogen and oxygen atoms in total. The lowest BCUT2D eigenvalue weighted by Gasteiger charge is -2.41. The molecular weight excluding hydrogens is 248 g/mol. The normalized spacial score (nSPS) is 18.2. The van der Waals surface area contributed by atoms with Crippen LogP contribution in [-0.2, 0) is 10.0 Å². The van der Waals surface area contributed by atoms with E-state index < -0.39 is 10.0 Å². The van der Waals surface area contributed by atoms with E-state index in [1.54, 1.807) is 0 Å². The summed E-state index contributed by atoms with van der Waals surface area (Å²) in [6.45, 7) is 8.42. The minimum Gasteiger partial charge on any atom is -0.377 e. The number of aryl methyl sites for hydroxylation is 2. The minimum atomic E-state index is -3.25. The molecule has 1 aliphatic rings. The van der Waals surface area contributed by atoms with Crippen molar-refractivity contribution in [1.29, 1.82) is 0 Å². The molecule has 0 radical (unpaired) electrons. The Bertz CT molecular complexity index is 591. The summed E-state index contributed by atoms with van der Waals surface area (Å²) in [4.78, 5) is 0. The first-order valence-electron chi connectivity index (χ1n) is 5.97. The molecule has 0 spiro atoms. The van der Waals surface area contributed by atoms with Crippen LogP contribution in [0.15, 0.2) is 12.1 Å². The van der Waals surface area contributed by atoms with E-state index in [0.717, 1.165) is 22.5 Å². The van der Waals surface area contributed by atoms with Crippen LogP contribution < -0.4 is 9.62 Å². The predicted octanol–water partition coefficient (Wildman–Crippen LogP) is 2.27. The molecule has 1 aromatic rings. The van der Waals surface area contributed by atoms with Gasteiger partial charge in [0.25, 0.3) is 0 Å². The Hall–Kier alpha value is -1.23. The van der Waals surface area contributed by atoms with Crippen molar-refractivity contribution in [2.45, 2.75) is 33.2 Å². The van der Waals surface area contributed by atoms with E-state index in [-0.39, 0.29) is 5.54 Å². The van der Waals surface area contributed by atoms with Gasteiger partial charge in [-0.1, -0.05) is 6.07 Å². The Labute approximate surface area is 109 Å². The second kappa shape index (κ2) is 3.88. The smallest absolute Gasteiger partial charge is 0.232 e. The van der Waals surface area contributed by atoms with Gasteiger partial charge in [-0.2, -0.15) is 0 Å². The number of fused-ring (bicyclic) bond motifs is 1. The van der Waals surface area contributed by atoms with Crippen molar-refractivity contribution >= 4 is 21.4 Å². The second-order valence-corrected chi connectivity index (χ2v) is 7.66. The molecule has 0 saturated heterocycles. The number of nitrogens with zero attached hydrogens (tertiary/aromatic N) is 1. The average Bonchev–Trinajstić information content (AvgIpc) is 2.11. The number of benzene rings is 1. The van der Waals surface area contributed by atoms with E-state index in [4.69, 9.17) is 0 Å². The van der Waals surface area contributed by atoms with Gasteiger partial charge in [0.15, 0.2) is 0 Å². The number of nitrogens with one attached hydrogen (secondary N) is 1. The highest BCUT2D eigenvalue weighted by atomic mass is 32.2. The van der Waals surface area contributed by atoms with E-state index in [9.17, 15) is 8.42 Å². The van der Waals surface area contributed by atoms with Crippen LogP contribution in [0.3, 0.4) is 0 Å². The van der Waals surface area contributed by atoms with Gasteiger partial charge in [0.05, 0.1) is 29.7 Å². The third-order valence-corrected chi connectivity index (χ3v) is 4.22. The van der Waals surface area contributed by atoms with Gasteiger partial charge in [-0.15, -0.1) is 0 Å². The number of rotatable bonds is 1. The predicted molar refractivity (Wildman–Crippen MR) is 75.8 cm³/mol. The summed E-state index contributed by atoms with van der Waals surface area (Å²) >= 11 is 0. The molecule has 0 aliphatic carbocycles. The molecule has 0 unspecified atom stereocenters. The first kappa shape index (κ1) is 13.2. The van der Waals surface area contributed by atoms with E-state index in [1.165, 1.54) is 10.6 Å². The summed E-state index contributed by atoms with van der Waals surface area (Å²) in [5.41, 5.74) is 3.52. The van der Waals surface area contributed by atoms with Gasteiger partial charge in [-0.3, -0.25) is 4.31 Å². The summed E-state index contributed by atoms with van der Waals surface area (Å²) < 4.78 is 25.5. The third-order valence-electron chi connectivity index (χ3n) is 3.11. The molecule has 100 valence electrons. The van der Waals surface area contributed by atoms with Crippen molar-refractivity contribution in [2.24, 2.45) is 0 Å². The van der Waals surface area contributed by atoms with Crippen LogP contribution in [0.25, 0.3) is 0 Å². The molecule has 2 rings (SSSR count). The molecule has 0 amide bonds. The summed E-state index contributed by atoms with van der Waals surface area (Å²) in [6.07, 6.45) is 1.26. The lowest BCUT2D eigenvalue weighted by atomic mass is 9.98. The maximum absolute atomic E-state index is 12.0. The third kappa shape index (κ3) is 2.32. The Morgan fingerprint density at radius 3 is 2.44 bits per heavy atom. The minimum absolute atomic E-state index is 0.268. The highest BCUT2D eigenvalue weighted by Crippen LogP contribution is 2.39. The molecule has 0 atom stereocenters. The fourth-order valence-corrected chi connectivity index (χ4v) is 3.64. The maximum Gasteiger partial charge on any atom is 0.232 e. The van der Waals surface area contributed by atoms with Crippen molar-refractivity contribution in [3.05, 3.63) is 23.3 Å². The van der Waals surface area contributed by atoms with E-state index in [2.05, 4.69) is 5.32 Å². The van der Waals surface area contributed by atoms with Gasteiger partial charge in [0.1, 0.15) is 0 Å². The van der Waals surface area contributed by atoms with Crippen LogP contribution in [0.5, 0.6) is 0 Å². The van der Waals surface area contributed by atoms with Crippen LogP contribution in [0, 0.1) is 13.8 Å². The summed E-state index contributed by atoms with van der Waals surface area (Å²) in [7, 11) is -3.25. The van der Waals surface area contributed by atoms with Crippen LogP contribution in [0.4, 0.5) is 11.4 Å². The number of anilines is 2. The summed E-state index contributed by atoms with van der Waals surface area (Å²) in [6, 6.07) is 4.01. The van der Waals surface area contributed by atoms with Gasteiger partial charge < -0.3 is 5.32 Å². The fourth-order valence-electron chi connectivity index (χ4n) is 2.51. The summed E-state index contributed by atoms with van der Waals surface area (Å²) in [5.74, 6) is 0. The first-order chi connectivity index (χ1) is 8.10. The molecule has 0 fully saturated rings. The molecule has 0 saturated carbocycles. The summed E-state index contributed by atoms with van der Waals surface area (Å²) in [5, 5.41) is 3.41. The van der Waals surface area contributed by atoms with Crippen molar-refractivity contribution in [3.8, 4) is 0 Å². The standard InChI is InChI=1S/C13H20N2O2S/c1-9-6-10(2)12-11(7-9)14-13(3,4)8-15(12)18(5,16)17/h6-7,14H,8H2,1-5H3. The molecule has 18 heavy (non-hydrogen) atoms. The van der Waals surface area contributed by atoms with Crippen molar-refractivity contribution in [1.82, 2.24) is 0 Å². The lowest BCUT2D eigenvalue weighted by Crippen LogP contribution is -2.50. The highest BCUT2D eigenvalue weighted by molar-refractivity contribution is 7.92. The zero-order valence-corrected chi connectivity index (χ0v) is 12.4. The largest absolute Gasteiger partial charge is 0.377 e. The van der Waals surface area contributed by atoms with Crippen LogP contribution in [-0.4, -0.2) is 26.8 Å². The van der Waals surface area contributed by atoms with Crippen molar-refractivity contribution in [3.63, 3.8) is 0 Å². The molecule has 1 heterocycles. The average molecular weight is 268 g/mol. The van der Waals surface area contributed by atoms with Gasteiger partial charge in [-0.05, 0) is 44.9 Å². The van der Waals surface area contributed by atoms with E-state index >= 15 is 0 Å². The quantitative estimate of drug-likeness (QED) is 0.850. The van der Waals surface area contributed by atoms with Crippen LogP contribution in [0.1, 0.15) is 25.0 Å². The lowest BCUT2D eigenvalue weighted by molar-refractivity contribution is 0.546. The van der Waals surface area contributed by atoms with E-state index in [0.29, 0.717) is 6.54 Å². The Kier molecular flexibility index (Phi) is 2.85. The zero-order chi connectivity index (χ0) is 13.7.